The van der Waals surface area contributed by atoms with Gasteiger partial charge in [-0.3, -0.25) is 0 Å². The van der Waals surface area contributed by atoms with Gasteiger partial charge in [-0.25, -0.2) is 4.79 Å². The number of amides is 1. The molecular weight excluding hydrogens is 312 g/mol. The molecule has 2 aromatic carbocycles. The summed E-state index contributed by atoms with van der Waals surface area (Å²) in [7, 11) is 0. The molecule has 0 spiro atoms. The van der Waals surface area contributed by atoms with Crippen molar-refractivity contribution in [1.82, 2.24) is 10.6 Å². The summed E-state index contributed by atoms with van der Waals surface area (Å²) in [6, 6.07) is 15.0. The van der Waals surface area contributed by atoms with Gasteiger partial charge in [-0.2, -0.15) is 0 Å². The molecule has 2 aromatic rings. The fourth-order valence-electron chi connectivity index (χ4n) is 2.96. The van der Waals surface area contributed by atoms with Gasteiger partial charge in [-0.1, -0.05) is 42.5 Å². The smallest absolute Gasteiger partial charge is 0.407 e. The number of nitrogens with one attached hydrogen (secondary N) is 2. The molecule has 2 N–H and O–H groups in total. The maximum absolute atomic E-state index is 11.7. The summed E-state index contributed by atoms with van der Waals surface area (Å²) in [5.74, 6) is 0. The first-order chi connectivity index (χ1) is 11.9. The van der Waals surface area contributed by atoms with Gasteiger partial charge in [0.2, 0.25) is 0 Å². The van der Waals surface area contributed by atoms with E-state index in [0.717, 1.165) is 25.1 Å². The molecule has 4 heteroatoms. The average Bonchev–Trinajstić information content (AvgIpc) is 2.58. The van der Waals surface area contributed by atoms with Gasteiger partial charge in [0.15, 0.2) is 0 Å². The molecule has 0 unspecified atom stereocenters. The number of hydrogen-bond acceptors (Lipinski definition) is 3. The highest BCUT2D eigenvalue weighted by molar-refractivity contribution is 5.68. The molecule has 4 nitrogen and oxygen atoms in total. The zero-order valence-electron chi connectivity index (χ0n) is 15.2. The van der Waals surface area contributed by atoms with Crippen LogP contribution >= 0.6 is 0 Å². The van der Waals surface area contributed by atoms with Crippen LogP contribution in [0.1, 0.15) is 37.5 Å². The lowest BCUT2D eigenvalue weighted by molar-refractivity contribution is 0.0523. The number of fused-ring (bicyclic) bond motifs is 1. The monoisotopic (exact) mass is 338 g/mol. The molecule has 0 saturated heterocycles. The minimum atomic E-state index is -0.476. The third kappa shape index (κ3) is 4.83. The first kappa shape index (κ1) is 17.5. The third-order valence-electron chi connectivity index (χ3n) is 4.22. The molecule has 1 aliphatic heterocycles. The lowest BCUT2D eigenvalue weighted by Gasteiger charge is -2.19. The van der Waals surface area contributed by atoms with E-state index in [0.29, 0.717) is 6.54 Å². The number of ether oxygens (including phenoxy) is 1. The Kier molecular flexibility index (Phi) is 5.09. The van der Waals surface area contributed by atoms with Crippen LogP contribution < -0.4 is 10.6 Å². The summed E-state index contributed by atoms with van der Waals surface area (Å²) in [6.45, 7) is 8.05. The normalized spacial score (nSPS) is 13.9. The van der Waals surface area contributed by atoms with Crippen molar-refractivity contribution in [2.75, 3.05) is 6.54 Å². The third-order valence-corrected chi connectivity index (χ3v) is 4.22. The van der Waals surface area contributed by atoms with Crippen LogP contribution in [-0.4, -0.2) is 18.2 Å². The van der Waals surface area contributed by atoms with Gasteiger partial charge in [0.1, 0.15) is 5.60 Å². The first-order valence-corrected chi connectivity index (χ1v) is 8.79. The number of benzene rings is 2. The van der Waals surface area contributed by atoms with E-state index >= 15 is 0 Å². The van der Waals surface area contributed by atoms with Crippen molar-refractivity contribution in [2.45, 2.75) is 45.9 Å². The van der Waals surface area contributed by atoms with Crippen molar-refractivity contribution in [3.8, 4) is 11.1 Å². The predicted molar refractivity (Wildman–Crippen MR) is 100 cm³/mol. The van der Waals surface area contributed by atoms with E-state index in [-0.39, 0.29) is 6.09 Å². The van der Waals surface area contributed by atoms with Crippen LogP contribution in [0.4, 0.5) is 4.79 Å². The molecule has 132 valence electrons. The van der Waals surface area contributed by atoms with Gasteiger partial charge in [0.05, 0.1) is 0 Å². The van der Waals surface area contributed by atoms with Crippen molar-refractivity contribution in [3.05, 3.63) is 59.2 Å². The highest BCUT2D eigenvalue weighted by atomic mass is 16.6. The van der Waals surface area contributed by atoms with Gasteiger partial charge >= 0.3 is 6.09 Å². The fraction of sp³-hybridized carbons (Fsp3) is 0.381. The van der Waals surface area contributed by atoms with Crippen molar-refractivity contribution < 1.29 is 9.53 Å². The van der Waals surface area contributed by atoms with E-state index in [1.807, 2.05) is 32.9 Å². The summed E-state index contributed by atoms with van der Waals surface area (Å²) in [5.41, 5.74) is 5.85. The number of hydrogen-bond donors (Lipinski definition) is 2. The maximum Gasteiger partial charge on any atom is 0.407 e. The van der Waals surface area contributed by atoms with E-state index in [1.165, 1.54) is 22.3 Å². The molecule has 0 aliphatic carbocycles. The number of carbonyl (C=O) groups is 1. The van der Waals surface area contributed by atoms with Crippen LogP contribution in [0.15, 0.2) is 42.5 Å². The molecule has 0 bridgehead atoms. The van der Waals surface area contributed by atoms with Crippen molar-refractivity contribution in [2.24, 2.45) is 0 Å². The fourth-order valence-corrected chi connectivity index (χ4v) is 2.96. The molecule has 0 radical (unpaired) electrons. The topological polar surface area (TPSA) is 50.4 Å². The lowest BCUT2D eigenvalue weighted by Crippen LogP contribution is -2.32. The number of carbonyl (C=O) groups excluding carboxylic acids is 1. The Hall–Kier alpha value is -2.33. The summed E-state index contributed by atoms with van der Waals surface area (Å²) >= 11 is 0. The summed E-state index contributed by atoms with van der Waals surface area (Å²) in [6.07, 6.45) is 0.695. The highest BCUT2D eigenvalue weighted by Crippen LogP contribution is 2.24. The standard InChI is InChI=1S/C21H26N2O2/c1-21(2,3)25-20(24)23-13-15-4-6-16(7-5-15)17-8-9-19-14-22-11-10-18(19)12-17/h4-9,12,22H,10-11,13-14H2,1-3H3,(H,23,24). The van der Waals surface area contributed by atoms with E-state index in [1.54, 1.807) is 0 Å². The van der Waals surface area contributed by atoms with Gasteiger partial charge in [-0.05, 0) is 61.6 Å². The van der Waals surface area contributed by atoms with E-state index in [9.17, 15) is 4.79 Å². The van der Waals surface area contributed by atoms with Gasteiger partial charge in [0.25, 0.3) is 0 Å². The molecule has 1 amide bonds. The summed E-state index contributed by atoms with van der Waals surface area (Å²) in [5, 5.41) is 6.19. The minimum absolute atomic E-state index is 0.389. The Morgan fingerprint density at radius 1 is 1.08 bits per heavy atom. The van der Waals surface area contributed by atoms with E-state index < -0.39 is 5.60 Å². The SMILES string of the molecule is CC(C)(C)OC(=O)NCc1ccc(-c2ccc3c(c2)CCNC3)cc1. The largest absolute Gasteiger partial charge is 0.444 e. The quantitative estimate of drug-likeness (QED) is 0.888. The summed E-state index contributed by atoms with van der Waals surface area (Å²) in [4.78, 5) is 11.7. The second-order valence-corrected chi connectivity index (χ2v) is 7.46. The molecule has 1 aliphatic rings. The molecule has 1 heterocycles. The minimum Gasteiger partial charge on any atom is -0.444 e. The summed E-state index contributed by atoms with van der Waals surface area (Å²) < 4.78 is 5.25. The maximum atomic E-state index is 11.7. The Morgan fingerprint density at radius 3 is 2.52 bits per heavy atom. The molecule has 3 rings (SSSR count). The molecule has 0 saturated carbocycles. The second kappa shape index (κ2) is 7.28. The van der Waals surface area contributed by atoms with Gasteiger partial charge in [0, 0.05) is 13.1 Å². The van der Waals surface area contributed by atoms with E-state index in [2.05, 4.69) is 41.0 Å². The van der Waals surface area contributed by atoms with Crippen LogP contribution in [0, 0.1) is 0 Å². The molecule has 25 heavy (non-hydrogen) atoms. The first-order valence-electron chi connectivity index (χ1n) is 8.79. The molecular formula is C21H26N2O2. The number of rotatable bonds is 3. The van der Waals surface area contributed by atoms with Crippen LogP contribution in [0.5, 0.6) is 0 Å². The van der Waals surface area contributed by atoms with Crippen LogP contribution in [-0.2, 0) is 24.2 Å². The lowest BCUT2D eigenvalue weighted by atomic mass is 9.95. The van der Waals surface area contributed by atoms with Crippen LogP contribution in [0.3, 0.4) is 0 Å². The number of alkyl carbamates (subject to hydrolysis) is 1. The average molecular weight is 338 g/mol. The zero-order valence-corrected chi connectivity index (χ0v) is 15.2. The van der Waals surface area contributed by atoms with Crippen LogP contribution in [0.2, 0.25) is 0 Å². The zero-order chi connectivity index (χ0) is 17.9. The van der Waals surface area contributed by atoms with Crippen LogP contribution in [0.25, 0.3) is 11.1 Å². The van der Waals surface area contributed by atoms with Crippen molar-refractivity contribution in [1.29, 1.82) is 0 Å². The molecule has 0 atom stereocenters. The molecule has 0 aromatic heterocycles. The molecule has 0 fully saturated rings. The van der Waals surface area contributed by atoms with Gasteiger partial charge in [-0.15, -0.1) is 0 Å². The van der Waals surface area contributed by atoms with Crippen molar-refractivity contribution in [3.63, 3.8) is 0 Å². The van der Waals surface area contributed by atoms with Crippen molar-refractivity contribution >= 4 is 6.09 Å². The van der Waals surface area contributed by atoms with Gasteiger partial charge < -0.3 is 15.4 Å². The Bertz CT molecular complexity index is 745. The Balaban J connectivity index is 1.63. The Morgan fingerprint density at radius 2 is 1.80 bits per heavy atom. The van der Waals surface area contributed by atoms with E-state index in [4.69, 9.17) is 4.74 Å². The predicted octanol–water partition coefficient (Wildman–Crippen LogP) is 4.02. The second-order valence-electron chi connectivity index (χ2n) is 7.46. The highest BCUT2D eigenvalue weighted by Gasteiger charge is 2.15. The Labute approximate surface area is 149 Å².